The summed E-state index contributed by atoms with van der Waals surface area (Å²) >= 11 is 1.20. The van der Waals surface area contributed by atoms with Gasteiger partial charge >= 0.3 is 6.18 Å². The highest BCUT2D eigenvalue weighted by atomic mass is 32.1. The number of benzene rings is 1. The fraction of sp³-hybridized carbons (Fsp3) is 0.235. The fourth-order valence-electron chi connectivity index (χ4n) is 2.56. The van der Waals surface area contributed by atoms with Crippen molar-refractivity contribution in [2.75, 3.05) is 12.3 Å². The molecule has 142 valence electrons. The lowest BCUT2D eigenvalue weighted by atomic mass is 9.90. The van der Waals surface area contributed by atoms with Crippen LogP contribution in [0.25, 0.3) is 22.5 Å². The van der Waals surface area contributed by atoms with Gasteiger partial charge in [0.15, 0.2) is 0 Å². The van der Waals surface area contributed by atoms with Gasteiger partial charge in [-0.15, -0.1) is 0 Å². The number of nitrogen functional groups attached to an aromatic ring is 1. The van der Waals surface area contributed by atoms with Crippen LogP contribution in [0.3, 0.4) is 0 Å². The number of aliphatic hydroxyl groups excluding tert-OH is 1. The summed E-state index contributed by atoms with van der Waals surface area (Å²) in [6.07, 6.45) is -2.14. The molecule has 0 unspecified atom stereocenters. The first-order chi connectivity index (χ1) is 12.7. The van der Waals surface area contributed by atoms with Crippen LogP contribution < -0.4 is 5.73 Å². The number of aromatic nitrogens is 3. The molecule has 6 nitrogen and oxygen atoms in total. The van der Waals surface area contributed by atoms with Gasteiger partial charge in [-0.3, -0.25) is 0 Å². The largest absolute Gasteiger partial charge is 0.423 e. The van der Waals surface area contributed by atoms with Gasteiger partial charge in [0.1, 0.15) is 11.5 Å². The van der Waals surface area contributed by atoms with E-state index in [2.05, 4.69) is 14.3 Å². The number of anilines is 1. The van der Waals surface area contributed by atoms with E-state index < -0.39 is 23.9 Å². The van der Waals surface area contributed by atoms with E-state index in [1.54, 1.807) is 18.5 Å². The zero-order chi connectivity index (χ0) is 19.8. The van der Waals surface area contributed by atoms with E-state index in [0.717, 1.165) is 12.1 Å². The molecule has 27 heavy (non-hydrogen) atoms. The molecular weight excluding hydrogens is 381 g/mol. The van der Waals surface area contributed by atoms with Crippen molar-refractivity contribution in [3.63, 3.8) is 0 Å². The van der Waals surface area contributed by atoms with Crippen molar-refractivity contribution in [2.24, 2.45) is 0 Å². The van der Waals surface area contributed by atoms with E-state index in [0.29, 0.717) is 22.4 Å². The standard InChI is InChI=1S/C17H15F3N4O2S/c1-9-2-3-11(16(26,8-25)17(18,19)20)4-12(9)13-6-22-15(21)14(24-13)10-5-23-27-7-10/h2-7,25-26H,8H2,1H3,(H2,21,22)/t16-/m1/s1. The van der Waals surface area contributed by atoms with E-state index in [4.69, 9.17) is 5.73 Å². The molecule has 1 atom stereocenters. The van der Waals surface area contributed by atoms with Crippen LogP contribution in [0, 0.1) is 6.92 Å². The second kappa shape index (κ2) is 6.87. The molecule has 3 aromatic rings. The van der Waals surface area contributed by atoms with E-state index in [9.17, 15) is 23.4 Å². The number of hydrogen-bond donors (Lipinski definition) is 3. The average Bonchev–Trinajstić information content (AvgIpc) is 3.15. The molecule has 1 aromatic carbocycles. The summed E-state index contributed by atoms with van der Waals surface area (Å²) in [6, 6.07) is 3.69. The molecule has 0 amide bonds. The molecule has 0 radical (unpaired) electrons. The van der Waals surface area contributed by atoms with Crippen LogP contribution in [0.15, 0.2) is 36.0 Å². The number of nitrogens with zero attached hydrogens (tertiary/aromatic N) is 3. The minimum atomic E-state index is -5.05. The summed E-state index contributed by atoms with van der Waals surface area (Å²) in [5.74, 6) is 0.162. The van der Waals surface area contributed by atoms with Crippen LogP contribution in [-0.4, -0.2) is 37.3 Å². The summed E-state index contributed by atoms with van der Waals surface area (Å²) in [5.41, 5.74) is 4.23. The Bertz CT molecular complexity index is 963. The highest BCUT2D eigenvalue weighted by molar-refractivity contribution is 7.03. The van der Waals surface area contributed by atoms with E-state index in [1.165, 1.54) is 23.8 Å². The molecular formula is C17H15F3N4O2S. The quantitative estimate of drug-likeness (QED) is 0.626. The molecule has 0 aliphatic rings. The first kappa shape index (κ1) is 19.2. The molecule has 0 aliphatic carbocycles. The zero-order valence-electron chi connectivity index (χ0n) is 14.0. The first-order valence-electron chi connectivity index (χ1n) is 7.71. The van der Waals surface area contributed by atoms with Gasteiger partial charge < -0.3 is 15.9 Å². The lowest BCUT2D eigenvalue weighted by molar-refractivity contribution is -0.277. The molecule has 3 rings (SSSR count). The Hall–Kier alpha value is -2.56. The van der Waals surface area contributed by atoms with Crippen LogP contribution >= 0.6 is 11.5 Å². The fourth-order valence-corrected chi connectivity index (χ4v) is 3.08. The van der Waals surface area contributed by atoms with Crippen molar-refractivity contribution in [1.82, 2.24) is 14.3 Å². The molecule has 0 saturated heterocycles. The number of nitrogens with two attached hydrogens (primary N) is 1. The minimum absolute atomic E-state index is 0.162. The van der Waals surface area contributed by atoms with Gasteiger partial charge in [0, 0.05) is 16.5 Å². The summed E-state index contributed by atoms with van der Waals surface area (Å²) in [7, 11) is 0. The van der Waals surface area contributed by atoms with Gasteiger partial charge in [0.25, 0.3) is 0 Å². The molecule has 2 heterocycles. The predicted molar refractivity (Wildman–Crippen MR) is 94.8 cm³/mol. The average molecular weight is 396 g/mol. The second-order valence-corrected chi connectivity index (χ2v) is 6.61. The van der Waals surface area contributed by atoms with E-state index in [1.807, 2.05) is 0 Å². The Morgan fingerprint density at radius 1 is 1.22 bits per heavy atom. The topological polar surface area (TPSA) is 105 Å². The highest BCUT2D eigenvalue weighted by Gasteiger charge is 2.54. The Labute approximate surface area is 156 Å². The third-order valence-corrected chi connectivity index (χ3v) is 4.78. The van der Waals surface area contributed by atoms with Crippen molar-refractivity contribution < 1.29 is 23.4 Å². The van der Waals surface area contributed by atoms with Crippen molar-refractivity contribution in [2.45, 2.75) is 18.7 Å². The SMILES string of the molecule is Cc1ccc([C@](O)(CO)C(F)(F)F)cc1-c1cnc(N)c(-c2cnsc2)n1. The van der Waals surface area contributed by atoms with Gasteiger partial charge in [-0.1, -0.05) is 12.1 Å². The number of aryl methyl sites for hydroxylation is 1. The Morgan fingerprint density at radius 2 is 1.96 bits per heavy atom. The first-order valence-corrected chi connectivity index (χ1v) is 8.55. The summed E-state index contributed by atoms with van der Waals surface area (Å²) in [6.45, 7) is 0.187. The maximum Gasteiger partial charge on any atom is 0.423 e. The second-order valence-electron chi connectivity index (χ2n) is 5.95. The maximum absolute atomic E-state index is 13.3. The molecule has 0 aliphatic heterocycles. The molecule has 2 aromatic heterocycles. The monoisotopic (exact) mass is 396 g/mol. The smallest absolute Gasteiger partial charge is 0.393 e. The molecule has 10 heteroatoms. The lowest BCUT2D eigenvalue weighted by Gasteiger charge is -2.29. The lowest BCUT2D eigenvalue weighted by Crippen LogP contribution is -2.45. The maximum atomic E-state index is 13.3. The number of rotatable bonds is 4. The van der Waals surface area contributed by atoms with Crippen molar-refractivity contribution in [3.8, 4) is 22.5 Å². The number of hydrogen-bond acceptors (Lipinski definition) is 7. The number of aliphatic hydroxyl groups is 2. The number of alkyl halides is 3. The summed E-state index contributed by atoms with van der Waals surface area (Å²) in [4.78, 5) is 8.48. The summed E-state index contributed by atoms with van der Waals surface area (Å²) in [5, 5.41) is 20.9. The van der Waals surface area contributed by atoms with Crippen LogP contribution in [0.5, 0.6) is 0 Å². The van der Waals surface area contributed by atoms with Crippen LogP contribution in [0.1, 0.15) is 11.1 Å². The molecule has 0 bridgehead atoms. The van der Waals surface area contributed by atoms with Gasteiger partial charge in [0.2, 0.25) is 5.60 Å². The Balaban J connectivity index is 2.15. The molecule has 0 saturated carbocycles. The minimum Gasteiger partial charge on any atom is -0.393 e. The van der Waals surface area contributed by atoms with Crippen LogP contribution in [-0.2, 0) is 5.60 Å². The van der Waals surface area contributed by atoms with Gasteiger partial charge in [0.05, 0.1) is 24.7 Å². The van der Waals surface area contributed by atoms with Crippen LogP contribution in [0.2, 0.25) is 0 Å². The van der Waals surface area contributed by atoms with Crippen molar-refractivity contribution >= 4 is 17.4 Å². The highest BCUT2D eigenvalue weighted by Crippen LogP contribution is 2.40. The predicted octanol–water partition coefficient (Wildman–Crippen LogP) is 2.90. The van der Waals surface area contributed by atoms with Crippen LogP contribution in [0.4, 0.5) is 19.0 Å². The normalized spacial score (nSPS) is 14.1. The van der Waals surface area contributed by atoms with E-state index in [-0.39, 0.29) is 11.5 Å². The summed E-state index contributed by atoms with van der Waals surface area (Å²) < 4.78 is 43.8. The van der Waals surface area contributed by atoms with Gasteiger partial charge in [-0.05, 0) is 35.6 Å². The molecule has 0 spiro atoms. The van der Waals surface area contributed by atoms with E-state index >= 15 is 0 Å². The molecule has 0 fully saturated rings. The van der Waals surface area contributed by atoms with Gasteiger partial charge in [-0.25, -0.2) is 14.3 Å². The Kier molecular flexibility index (Phi) is 4.89. The van der Waals surface area contributed by atoms with Crippen molar-refractivity contribution in [3.05, 3.63) is 47.1 Å². The molecule has 4 N–H and O–H groups in total. The van der Waals surface area contributed by atoms with Gasteiger partial charge in [-0.2, -0.15) is 13.2 Å². The number of halogens is 3. The Morgan fingerprint density at radius 3 is 2.56 bits per heavy atom. The third kappa shape index (κ3) is 3.38. The third-order valence-electron chi connectivity index (χ3n) is 4.20. The zero-order valence-corrected chi connectivity index (χ0v) is 14.8. The van der Waals surface area contributed by atoms with Crippen molar-refractivity contribution in [1.29, 1.82) is 0 Å².